The fourth-order valence-electron chi connectivity index (χ4n) is 2.53. The molecule has 1 unspecified atom stereocenters. The minimum Gasteiger partial charge on any atom is -0.493 e. The molecule has 0 aliphatic carbocycles. The summed E-state index contributed by atoms with van der Waals surface area (Å²) >= 11 is 0. The number of hydrogen-bond donors (Lipinski definition) is 2. The van der Waals surface area contributed by atoms with Gasteiger partial charge in [-0.2, -0.15) is 8.78 Å². The number of methoxy groups -OCH3 is 1. The van der Waals surface area contributed by atoms with Gasteiger partial charge in [0.2, 0.25) is 0 Å². The molecule has 2 aromatic rings. The summed E-state index contributed by atoms with van der Waals surface area (Å²) in [7, 11) is 1.41. The van der Waals surface area contributed by atoms with Gasteiger partial charge in [-0.25, -0.2) is 4.99 Å². The molecule has 0 fully saturated rings. The Morgan fingerprint density at radius 3 is 2.43 bits per heavy atom. The van der Waals surface area contributed by atoms with Crippen LogP contribution in [0, 0.1) is 0 Å². The Kier molecular flexibility index (Phi) is 10.6. The standard InChI is InChI=1S/C20H25F2N3O2.HI/c1-4-23-20(25-14(2)16-8-6-5-7-9-16)24-13-15-10-11-17(26-3)18(12-15)27-19(21)22;/h5-12,14,19H,4,13H2,1-3H3,(H2,23,24,25);1H. The molecule has 0 aromatic heterocycles. The van der Waals surface area contributed by atoms with Crippen LogP contribution in [0.25, 0.3) is 0 Å². The van der Waals surface area contributed by atoms with Crippen LogP contribution in [-0.2, 0) is 6.54 Å². The number of aliphatic imine (C=N–C) groups is 1. The molecular formula is C20H26F2IN3O2. The van der Waals surface area contributed by atoms with Crippen molar-refractivity contribution in [2.24, 2.45) is 4.99 Å². The Bertz CT molecular complexity index is 745. The van der Waals surface area contributed by atoms with Gasteiger partial charge in [0, 0.05) is 6.54 Å². The van der Waals surface area contributed by atoms with Crippen molar-refractivity contribution in [3.63, 3.8) is 0 Å². The summed E-state index contributed by atoms with van der Waals surface area (Å²) in [5, 5.41) is 6.52. The summed E-state index contributed by atoms with van der Waals surface area (Å²) in [6, 6.07) is 15.0. The highest BCUT2D eigenvalue weighted by atomic mass is 127. The predicted molar refractivity (Wildman–Crippen MR) is 118 cm³/mol. The molecule has 0 aliphatic heterocycles. The molecule has 0 amide bonds. The predicted octanol–water partition coefficient (Wildman–Crippen LogP) is 4.73. The van der Waals surface area contributed by atoms with E-state index in [1.165, 1.54) is 13.2 Å². The average Bonchev–Trinajstić information content (AvgIpc) is 2.66. The van der Waals surface area contributed by atoms with Gasteiger partial charge < -0.3 is 20.1 Å². The lowest BCUT2D eigenvalue weighted by Crippen LogP contribution is -2.38. The zero-order valence-corrected chi connectivity index (χ0v) is 18.4. The maximum absolute atomic E-state index is 12.6. The molecule has 1 atom stereocenters. The first-order valence-electron chi connectivity index (χ1n) is 8.75. The van der Waals surface area contributed by atoms with Crippen LogP contribution in [0.2, 0.25) is 0 Å². The number of ether oxygens (including phenoxy) is 2. The first kappa shape index (κ1) is 23.9. The van der Waals surface area contributed by atoms with Crippen LogP contribution in [0.5, 0.6) is 11.5 Å². The summed E-state index contributed by atoms with van der Waals surface area (Å²) in [5.41, 5.74) is 1.87. The van der Waals surface area contributed by atoms with E-state index in [-0.39, 0.29) is 41.5 Å². The van der Waals surface area contributed by atoms with Crippen molar-refractivity contribution in [1.29, 1.82) is 0 Å². The van der Waals surface area contributed by atoms with E-state index in [1.807, 2.05) is 44.2 Å². The zero-order chi connectivity index (χ0) is 19.6. The number of benzene rings is 2. The second-order valence-electron chi connectivity index (χ2n) is 5.84. The number of halogens is 3. The number of rotatable bonds is 8. The van der Waals surface area contributed by atoms with Crippen molar-refractivity contribution < 1.29 is 18.3 Å². The van der Waals surface area contributed by atoms with E-state index in [4.69, 9.17) is 4.74 Å². The highest BCUT2D eigenvalue weighted by molar-refractivity contribution is 14.0. The molecule has 0 radical (unpaired) electrons. The zero-order valence-electron chi connectivity index (χ0n) is 16.1. The van der Waals surface area contributed by atoms with Gasteiger partial charge in [-0.15, -0.1) is 24.0 Å². The van der Waals surface area contributed by atoms with Gasteiger partial charge >= 0.3 is 6.61 Å². The lowest BCUT2D eigenvalue weighted by molar-refractivity contribution is -0.0512. The molecule has 5 nitrogen and oxygen atoms in total. The van der Waals surface area contributed by atoms with Crippen LogP contribution in [0.4, 0.5) is 8.78 Å². The van der Waals surface area contributed by atoms with Crippen LogP contribution in [0.3, 0.4) is 0 Å². The van der Waals surface area contributed by atoms with Gasteiger partial charge in [0.1, 0.15) is 0 Å². The highest BCUT2D eigenvalue weighted by Gasteiger charge is 2.12. The van der Waals surface area contributed by atoms with Gasteiger partial charge in [-0.1, -0.05) is 36.4 Å². The molecule has 2 rings (SSSR count). The molecule has 0 heterocycles. The Morgan fingerprint density at radius 2 is 1.82 bits per heavy atom. The summed E-state index contributed by atoms with van der Waals surface area (Å²) < 4.78 is 34.7. The third kappa shape index (κ3) is 7.49. The molecule has 28 heavy (non-hydrogen) atoms. The second kappa shape index (κ2) is 12.4. The van der Waals surface area contributed by atoms with Gasteiger partial charge in [0.05, 0.1) is 19.7 Å². The van der Waals surface area contributed by atoms with Crippen molar-refractivity contribution >= 4 is 29.9 Å². The number of nitrogens with one attached hydrogen (secondary N) is 2. The van der Waals surface area contributed by atoms with Crippen molar-refractivity contribution in [1.82, 2.24) is 10.6 Å². The largest absolute Gasteiger partial charge is 0.493 e. The Morgan fingerprint density at radius 1 is 1.11 bits per heavy atom. The molecule has 0 saturated carbocycles. The molecule has 0 aliphatic rings. The first-order valence-corrected chi connectivity index (χ1v) is 8.75. The van der Waals surface area contributed by atoms with Crippen LogP contribution in [0.15, 0.2) is 53.5 Å². The fraction of sp³-hybridized carbons (Fsp3) is 0.350. The molecule has 0 spiro atoms. The van der Waals surface area contributed by atoms with E-state index < -0.39 is 6.61 Å². The molecule has 2 aromatic carbocycles. The smallest absolute Gasteiger partial charge is 0.387 e. The third-order valence-electron chi connectivity index (χ3n) is 3.86. The Hall–Kier alpha value is -2.10. The van der Waals surface area contributed by atoms with Crippen molar-refractivity contribution in [3.8, 4) is 11.5 Å². The van der Waals surface area contributed by atoms with Gasteiger partial charge in [0.15, 0.2) is 17.5 Å². The molecule has 0 bridgehead atoms. The van der Waals surface area contributed by atoms with Crippen LogP contribution >= 0.6 is 24.0 Å². The van der Waals surface area contributed by atoms with Crippen molar-refractivity contribution in [2.75, 3.05) is 13.7 Å². The molecular weight excluding hydrogens is 479 g/mol. The minimum atomic E-state index is -2.91. The van der Waals surface area contributed by atoms with Crippen LogP contribution < -0.4 is 20.1 Å². The summed E-state index contributed by atoms with van der Waals surface area (Å²) in [4.78, 5) is 4.54. The lowest BCUT2D eigenvalue weighted by Gasteiger charge is -2.18. The molecule has 2 N–H and O–H groups in total. The topological polar surface area (TPSA) is 54.9 Å². The first-order chi connectivity index (χ1) is 13.0. The minimum absolute atomic E-state index is 0. The number of guanidine groups is 1. The monoisotopic (exact) mass is 505 g/mol. The number of hydrogen-bond acceptors (Lipinski definition) is 3. The van der Waals surface area contributed by atoms with E-state index in [9.17, 15) is 8.78 Å². The van der Waals surface area contributed by atoms with Crippen molar-refractivity contribution in [3.05, 3.63) is 59.7 Å². The lowest BCUT2D eigenvalue weighted by atomic mass is 10.1. The van der Waals surface area contributed by atoms with Gasteiger partial charge in [0.25, 0.3) is 0 Å². The molecule has 8 heteroatoms. The number of alkyl halides is 2. The summed E-state index contributed by atoms with van der Waals surface area (Å²) in [5.74, 6) is 0.891. The SMILES string of the molecule is CCNC(=NCc1ccc(OC)c(OC(F)F)c1)NC(C)c1ccccc1.I. The average molecular weight is 505 g/mol. The van der Waals surface area contributed by atoms with Crippen molar-refractivity contribution in [2.45, 2.75) is 33.0 Å². The molecule has 0 saturated heterocycles. The number of nitrogens with zero attached hydrogens (tertiary/aromatic N) is 1. The second-order valence-corrected chi connectivity index (χ2v) is 5.84. The van der Waals surface area contributed by atoms with E-state index in [0.29, 0.717) is 19.0 Å². The van der Waals surface area contributed by atoms with E-state index >= 15 is 0 Å². The van der Waals surface area contributed by atoms with E-state index in [0.717, 1.165) is 11.1 Å². The maximum atomic E-state index is 12.6. The van der Waals surface area contributed by atoms with Crippen LogP contribution in [0.1, 0.15) is 31.0 Å². The van der Waals surface area contributed by atoms with Gasteiger partial charge in [-0.05, 0) is 37.1 Å². The Labute approximate surface area is 181 Å². The normalized spacial score (nSPS) is 12.1. The highest BCUT2D eigenvalue weighted by Crippen LogP contribution is 2.29. The van der Waals surface area contributed by atoms with E-state index in [1.54, 1.807) is 12.1 Å². The summed E-state index contributed by atoms with van der Waals surface area (Å²) in [6.07, 6.45) is 0. The Balaban J connectivity index is 0.00000392. The maximum Gasteiger partial charge on any atom is 0.387 e. The van der Waals surface area contributed by atoms with E-state index in [2.05, 4.69) is 20.4 Å². The molecule has 154 valence electrons. The van der Waals surface area contributed by atoms with Gasteiger partial charge in [-0.3, -0.25) is 0 Å². The third-order valence-corrected chi connectivity index (χ3v) is 3.86. The summed E-state index contributed by atoms with van der Waals surface area (Å²) in [6.45, 7) is 2.12. The fourth-order valence-corrected chi connectivity index (χ4v) is 2.53. The van der Waals surface area contributed by atoms with Crippen LogP contribution in [-0.4, -0.2) is 26.2 Å². The quantitative estimate of drug-likeness (QED) is 0.310.